The van der Waals surface area contributed by atoms with Crippen molar-refractivity contribution in [2.24, 2.45) is 0 Å². The van der Waals surface area contributed by atoms with Crippen molar-refractivity contribution in [1.82, 2.24) is 10.2 Å². The fourth-order valence-electron chi connectivity index (χ4n) is 2.83. The Morgan fingerprint density at radius 3 is 2.74 bits per heavy atom. The summed E-state index contributed by atoms with van der Waals surface area (Å²) >= 11 is 0. The summed E-state index contributed by atoms with van der Waals surface area (Å²) in [5, 5.41) is 13.7. The quantitative estimate of drug-likeness (QED) is 0.725. The highest BCUT2D eigenvalue weighted by Gasteiger charge is 2.34. The summed E-state index contributed by atoms with van der Waals surface area (Å²) in [5.41, 5.74) is 0.0263. The molecule has 1 saturated heterocycles. The van der Waals surface area contributed by atoms with Gasteiger partial charge in [-0.2, -0.15) is 0 Å². The number of nitrogens with one attached hydrogen (secondary N) is 1. The second-order valence-corrected chi connectivity index (χ2v) is 5.88. The molecule has 0 aromatic heterocycles. The number of carbonyl (C=O) groups excluding carboxylic acids is 1. The molecule has 1 aromatic carbocycles. The monoisotopic (exact) mass is 322 g/mol. The lowest BCUT2D eigenvalue weighted by atomic mass is 9.84. The van der Waals surface area contributed by atoms with Crippen LogP contribution in [0.5, 0.6) is 5.75 Å². The Labute approximate surface area is 137 Å². The molecule has 1 fully saturated rings. The summed E-state index contributed by atoms with van der Waals surface area (Å²) in [6, 6.07) is 7.57. The Morgan fingerprint density at radius 2 is 2.09 bits per heavy atom. The van der Waals surface area contributed by atoms with Crippen LogP contribution >= 0.6 is 0 Å². The third-order valence-corrected chi connectivity index (χ3v) is 4.29. The van der Waals surface area contributed by atoms with Crippen LogP contribution in [-0.4, -0.2) is 62.9 Å². The van der Waals surface area contributed by atoms with E-state index in [-0.39, 0.29) is 5.91 Å². The van der Waals surface area contributed by atoms with Crippen molar-refractivity contribution < 1.29 is 19.4 Å². The summed E-state index contributed by atoms with van der Waals surface area (Å²) < 4.78 is 10.1. The number of rotatable bonds is 7. The highest BCUT2D eigenvalue weighted by Crippen LogP contribution is 2.34. The van der Waals surface area contributed by atoms with E-state index in [1.54, 1.807) is 14.2 Å². The van der Waals surface area contributed by atoms with Crippen molar-refractivity contribution >= 4 is 5.91 Å². The van der Waals surface area contributed by atoms with Gasteiger partial charge in [-0.1, -0.05) is 12.1 Å². The molecule has 6 heteroatoms. The van der Waals surface area contributed by atoms with E-state index < -0.39 is 5.60 Å². The van der Waals surface area contributed by atoms with E-state index in [9.17, 15) is 9.90 Å². The van der Waals surface area contributed by atoms with E-state index in [1.807, 2.05) is 24.3 Å². The number of hydrogen-bond donors (Lipinski definition) is 2. The molecule has 1 amide bonds. The molecule has 0 unspecified atom stereocenters. The molecule has 0 atom stereocenters. The van der Waals surface area contributed by atoms with E-state index in [2.05, 4.69) is 10.2 Å². The van der Waals surface area contributed by atoms with Gasteiger partial charge in [0.25, 0.3) is 0 Å². The van der Waals surface area contributed by atoms with Gasteiger partial charge in [0.1, 0.15) is 5.75 Å². The SMILES string of the molecule is COCCNC(=O)CN1CCC(O)(c2cccc(OC)c2)CC1. The average Bonchev–Trinajstić information content (AvgIpc) is 2.57. The van der Waals surface area contributed by atoms with Crippen molar-refractivity contribution in [1.29, 1.82) is 0 Å². The van der Waals surface area contributed by atoms with E-state index in [0.29, 0.717) is 45.6 Å². The second-order valence-electron chi connectivity index (χ2n) is 5.88. The number of likely N-dealkylation sites (tertiary alicyclic amines) is 1. The number of carbonyl (C=O) groups is 1. The zero-order valence-electron chi connectivity index (χ0n) is 13.9. The van der Waals surface area contributed by atoms with Crippen LogP contribution in [0.1, 0.15) is 18.4 Å². The summed E-state index contributed by atoms with van der Waals surface area (Å²) in [4.78, 5) is 13.9. The molecule has 23 heavy (non-hydrogen) atoms. The summed E-state index contributed by atoms with van der Waals surface area (Å²) in [6.07, 6.45) is 1.21. The third-order valence-electron chi connectivity index (χ3n) is 4.29. The van der Waals surface area contributed by atoms with Gasteiger partial charge < -0.3 is 19.9 Å². The van der Waals surface area contributed by atoms with Gasteiger partial charge in [-0.25, -0.2) is 0 Å². The fourth-order valence-corrected chi connectivity index (χ4v) is 2.83. The van der Waals surface area contributed by atoms with Crippen molar-refractivity contribution in [3.8, 4) is 5.75 Å². The summed E-state index contributed by atoms with van der Waals surface area (Å²) in [5.74, 6) is 0.741. The Kier molecular flexibility index (Phi) is 6.38. The second kappa shape index (κ2) is 8.29. The van der Waals surface area contributed by atoms with Crippen molar-refractivity contribution in [3.63, 3.8) is 0 Å². The number of ether oxygens (including phenoxy) is 2. The number of hydrogen-bond acceptors (Lipinski definition) is 5. The maximum absolute atomic E-state index is 11.8. The minimum absolute atomic E-state index is 0.00568. The van der Waals surface area contributed by atoms with Crippen LogP contribution in [0.4, 0.5) is 0 Å². The van der Waals surface area contributed by atoms with Crippen LogP contribution in [0.2, 0.25) is 0 Å². The highest BCUT2D eigenvalue weighted by molar-refractivity contribution is 5.78. The summed E-state index contributed by atoms with van der Waals surface area (Å²) in [7, 11) is 3.23. The zero-order chi connectivity index (χ0) is 16.7. The first-order valence-corrected chi connectivity index (χ1v) is 7.92. The number of methoxy groups -OCH3 is 2. The number of amides is 1. The fraction of sp³-hybridized carbons (Fsp3) is 0.588. The number of aliphatic hydroxyl groups is 1. The van der Waals surface area contributed by atoms with Crippen molar-refractivity contribution in [2.45, 2.75) is 18.4 Å². The van der Waals surface area contributed by atoms with Crippen LogP contribution in [0.3, 0.4) is 0 Å². The van der Waals surface area contributed by atoms with Crippen molar-refractivity contribution in [2.75, 3.05) is 47.0 Å². The highest BCUT2D eigenvalue weighted by atomic mass is 16.5. The van der Waals surface area contributed by atoms with Gasteiger partial charge in [-0.3, -0.25) is 9.69 Å². The van der Waals surface area contributed by atoms with Crippen LogP contribution < -0.4 is 10.1 Å². The molecule has 6 nitrogen and oxygen atoms in total. The summed E-state index contributed by atoms with van der Waals surface area (Å²) in [6.45, 7) is 2.77. The van der Waals surface area contributed by atoms with E-state index in [4.69, 9.17) is 9.47 Å². The van der Waals surface area contributed by atoms with Gasteiger partial charge in [0.15, 0.2) is 0 Å². The molecule has 0 saturated carbocycles. The van der Waals surface area contributed by atoms with Crippen LogP contribution in [0, 0.1) is 0 Å². The number of piperidine rings is 1. The maximum Gasteiger partial charge on any atom is 0.234 e. The molecule has 1 aliphatic rings. The third kappa shape index (κ3) is 4.92. The van der Waals surface area contributed by atoms with E-state index >= 15 is 0 Å². The minimum atomic E-state index is -0.850. The molecule has 0 bridgehead atoms. The first kappa shape index (κ1) is 17.7. The number of nitrogens with zero attached hydrogens (tertiary/aromatic N) is 1. The standard InChI is InChI=1S/C17H26N2O4/c1-22-11-8-18-16(20)13-19-9-6-17(21,7-10-19)14-4-3-5-15(12-14)23-2/h3-5,12,21H,6-11,13H2,1-2H3,(H,18,20). The molecule has 1 aliphatic heterocycles. The predicted molar refractivity (Wildman–Crippen MR) is 87.5 cm³/mol. The molecule has 2 rings (SSSR count). The van der Waals surface area contributed by atoms with E-state index in [0.717, 1.165) is 11.3 Å². The van der Waals surface area contributed by atoms with Gasteiger partial charge >= 0.3 is 0 Å². The smallest absolute Gasteiger partial charge is 0.234 e. The van der Waals surface area contributed by atoms with E-state index in [1.165, 1.54) is 0 Å². The lowest BCUT2D eigenvalue weighted by Gasteiger charge is -2.38. The van der Waals surface area contributed by atoms with Gasteiger partial charge in [-0.05, 0) is 30.5 Å². The lowest BCUT2D eigenvalue weighted by Crippen LogP contribution is -2.46. The topological polar surface area (TPSA) is 71.0 Å². The Balaban J connectivity index is 1.86. The molecule has 0 aliphatic carbocycles. The van der Waals surface area contributed by atoms with Crippen LogP contribution in [0.25, 0.3) is 0 Å². The van der Waals surface area contributed by atoms with Crippen LogP contribution in [-0.2, 0) is 15.1 Å². The lowest BCUT2D eigenvalue weighted by molar-refractivity contribution is -0.123. The Hall–Kier alpha value is -1.63. The molecular weight excluding hydrogens is 296 g/mol. The molecule has 128 valence electrons. The zero-order valence-corrected chi connectivity index (χ0v) is 13.9. The Morgan fingerprint density at radius 1 is 1.35 bits per heavy atom. The maximum atomic E-state index is 11.8. The van der Waals surface area contributed by atoms with Gasteiger partial charge in [-0.15, -0.1) is 0 Å². The molecule has 0 radical (unpaired) electrons. The molecule has 0 spiro atoms. The van der Waals surface area contributed by atoms with Gasteiger partial charge in [0.2, 0.25) is 5.91 Å². The minimum Gasteiger partial charge on any atom is -0.497 e. The van der Waals surface area contributed by atoms with Gasteiger partial charge in [0.05, 0.1) is 25.9 Å². The molecular formula is C17H26N2O4. The van der Waals surface area contributed by atoms with Crippen LogP contribution in [0.15, 0.2) is 24.3 Å². The largest absolute Gasteiger partial charge is 0.497 e. The van der Waals surface area contributed by atoms with Gasteiger partial charge in [0, 0.05) is 26.7 Å². The normalized spacial score (nSPS) is 17.7. The Bertz CT molecular complexity index is 513. The first-order valence-electron chi connectivity index (χ1n) is 7.92. The average molecular weight is 322 g/mol. The van der Waals surface area contributed by atoms with Crippen molar-refractivity contribution in [3.05, 3.63) is 29.8 Å². The molecule has 1 heterocycles. The first-order chi connectivity index (χ1) is 11.1. The molecule has 1 aromatic rings. The number of benzene rings is 1. The molecule has 2 N–H and O–H groups in total. The predicted octanol–water partition coefficient (Wildman–Crippen LogP) is 0.741.